The Morgan fingerprint density at radius 2 is 1.48 bits per heavy atom. The van der Waals surface area contributed by atoms with Crippen molar-refractivity contribution in [3.63, 3.8) is 0 Å². The van der Waals surface area contributed by atoms with E-state index in [0.29, 0.717) is 10.5 Å². The summed E-state index contributed by atoms with van der Waals surface area (Å²) in [5.41, 5.74) is 1.33. The molecule has 1 aliphatic rings. The van der Waals surface area contributed by atoms with E-state index in [1.165, 1.54) is 29.8 Å². The molecule has 154 valence electrons. The lowest BCUT2D eigenvalue weighted by atomic mass is 10.1. The van der Waals surface area contributed by atoms with Crippen LogP contribution in [-0.2, 0) is 9.59 Å². The second-order valence-corrected chi connectivity index (χ2v) is 8.04. The first-order valence-corrected chi connectivity index (χ1v) is 10.2. The fraction of sp³-hybridized carbons (Fsp3) is 0.0417. The number of halogens is 1. The molecule has 0 radical (unpaired) electrons. The van der Waals surface area contributed by atoms with Crippen LogP contribution in [0, 0.1) is 12.7 Å². The lowest BCUT2D eigenvalue weighted by molar-refractivity contribution is -0.122. The molecule has 31 heavy (non-hydrogen) atoms. The smallest absolute Gasteiger partial charge is 0.273 e. The number of carbonyl (C=O) groups excluding carboxylic acids is 3. The van der Waals surface area contributed by atoms with Crippen LogP contribution in [0.3, 0.4) is 0 Å². The Bertz CT molecular complexity index is 1200. The lowest BCUT2D eigenvalue weighted by Gasteiger charge is -2.26. The van der Waals surface area contributed by atoms with Crippen molar-refractivity contribution in [2.45, 2.75) is 16.7 Å². The predicted molar refractivity (Wildman–Crippen MR) is 117 cm³/mol. The summed E-state index contributed by atoms with van der Waals surface area (Å²) >= 11 is 1.59. The molecule has 1 fully saturated rings. The number of hydrogen-bond donors (Lipinski definition) is 1. The van der Waals surface area contributed by atoms with Crippen molar-refractivity contribution in [3.8, 4) is 0 Å². The molecule has 0 atom stereocenters. The molecular formula is C24H17FN2O3S. The minimum Gasteiger partial charge on any atom is -0.273 e. The van der Waals surface area contributed by atoms with Gasteiger partial charge < -0.3 is 0 Å². The van der Waals surface area contributed by atoms with Crippen LogP contribution >= 0.6 is 11.8 Å². The minimum atomic E-state index is -0.984. The van der Waals surface area contributed by atoms with E-state index < -0.39 is 23.7 Å². The number of nitrogens with zero attached hydrogens (tertiary/aromatic N) is 1. The van der Waals surface area contributed by atoms with E-state index in [0.717, 1.165) is 15.9 Å². The molecule has 7 heteroatoms. The van der Waals surface area contributed by atoms with Crippen molar-refractivity contribution >= 4 is 41.4 Å². The number of urea groups is 1. The summed E-state index contributed by atoms with van der Waals surface area (Å²) in [6.45, 7) is 2.03. The summed E-state index contributed by atoms with van der Waals surface area (Å²) in [6.07, 6.45) is 1.39. The van der Waals surface area contributed by atoms with E-state index >= 15 is 0 Å². The van der Waals surface area contributed by atoms with Gasteiger partial charge in [-0.3, -0.25) is 14.9 Å². The van der Waals surface area contributed by atoms with E-state index in [1.807, 2.05) is 43.3 Å². The number of aryl methyl sites for hydroxylation is 1. The van der Waals surface area contributed by atoms with E-state index in [2.05, 4.69) is 5.32 Å². The highest BCUT2D eigenvalue weighted by Gasteiger charge is 2.37. The molecule has 1 aliphatic heterocycles. The third-order valence-corrected chi connectivity index (χ3v) is 5.66. The number of rotatable bonds is 4. The highest BCUT2D eigenvalue weighted by atomic mass is 32.2. The summed E-state index contributed by atoms with van der Waals surface area (Å²) in [5, 5.41) is 2.09. The molecule has 4 amide bonds. The fourth-order valence-corrected chi connectivity index (χ4v) is 3.87. The topological polar surface area (TPSA) is 66.5 Å². The maximum atomic E-state index is 14.1. The summed E-state index contributed by atoms with van der Waals surface area (Å²) in [6, 6.07) is 19.9. The molecule has 5 nitrogen and oxygen atoms in total. The van der Waals surface area contributed by atoms with E-state index in [9.17, 15) is 18.8 Å². The van der Waals surface area contributed by atoms with Crippen LogP contribution in [0.1, 0.15) is 11.1 Å². The van der Waals surface area contributed by atoms with Crippen molar-refractivity contribution in [2.75, 3.05) is 4.90 Å². The predicted octanol–water partition coefficient (Wildman–Crippen LogP) is 4.95. The molecule has 3 aromatic rings. The molecule has 0 aliphatic carbocycles. The Kier molecular flexibility index (Phi) is 5.68. The van der Waals surface area contributed by atoms with Crippen molar-refractivity contribution in [3.05, 3.63) is 95.3 Å². The minimum absolute atomic E-state index is 0.215. The monoisotopic (exact) mass is 432 g/mol. The van der Waals surface area contributed by atoms with Crippen LogP contribution in [0.5, 0.6) is 0 Å². The molecule has 0 unspecified atom stereocenters. The van der Waals surface area contributed by atoms with Gasteiger partial charge in [-0.05, 0) is 55.0 Å². The summed E-state index contributed by atoms with van der Waals surface area (Å²) in [7, 11) is 0. The number of anilines is 1. The van der Waals surface area contributed by atoms with Crippen LogP contribution in [0.25, 0.3) is 6.08 Å². The van der Waals surface area contributed by atoms with Crippen molar-refractivity contribution in [1.29, 1.82) is 0 Å². The largest absolute Gasteiger partial charge is 0.336 e. The first-order chi connectivity index (χ1) is 14.9. The van der Waals surface area contributed by atoms with Gasteiger partial charge >= 0.3 is 6.03 Å². The maximum Gasteiger partial charge on any atom is 0.336 e. The van der Waals surface area contributed by atoms with Gasteiger partial charge in [0.25, 0.3) is 11.8 Å². The normalized spacial score (nSPS) is 15.4. The Morgan fingerprint density at radius 1 is 0.871 bits per heavy atom. The van der Waals surface area contributed by atoms with Gasteiger partial charge in [-0.1, -0.05) is 53.7 Å². The molecule has 1 heterocycles. The Hall–Kier alpha value is -3.71. The zero-order valence-electron chi connectivity index (χ0n) is 16.5. The second-order valence-electron chi connectivity index (χ2n) is 6.89. The number of carbonyl (C=O) groups is 3. The molecule has 1 N–H and O–H groups in total. The standard InChI is InChI=1S/C24H17FN2O3S/c1-15-6-10-17(11-7-15)31-18-12-8-16(9-13-18)14-19-22(28)26-24(30)27(23(19)29)21-5-3-2-4-20(21)25/h2-14H,1H3,(H,26,28,30)/b19-14+. The zero-order chi connectivity index (χ0) is 22.0. The van der Waals surface area contributed by atoms with Gasteiger partial charge in [0, 0.05) is 9.79 Å². The molecule has 0 saturated carbocycles. The average Bonchev–Trinajstić information content (AvgIpc) is 2.75. The van der Waals surface area contributed by atoms with Gasteiger partial charge in [0.1, 0.15) is 11.4 Å². The third kappa shape index (κ3) is 4.41. The molecular weight excluding hydrogens is 415 g/mol. The quantitative estimate of drug-likeness (QED) is 0.468. The molecule has 4 rings (SSSR count). The van der Waals surface area contributed by atoms with Gasteiger partial charge in [-0.2, -0.15) is 0 Å². The number of barbiturate groups is 1. The number of amides is 4. The Morgan fingerprint density at radius 3 is 2.13 bits per heavy atom. The zero-order valence-corrected chi connectivity index (χ0v) is 17.3. The first kappa shape index (κ1) is 20.6. The Labute approximate surface area is 182 Å². The highest BCUT2D eigenvalue weighted by Crippen LogP contribution is 2.29. The number of benzene rings is 3. The summed E-state index contributed by atoms with van der Waals surface area (Å²) in [4.78, 5) is 40.0. The lowest BCUT2D eigenvalue weighted by Crippen LogP contribution is -2.54. The number of hydrogen-bond acceptors (Lipinski definition) is 4. The number of imide groups is 2. The SMILES string of the molecule is Cc1ccc(Sc2ccc(/C=C3\C(=O)NC(=O)N(c4ccccc4F)C3=O)cc2)cc1. The Balaban J connectivity index is 1.58. The average molecular weight is 432 g/mol. The van der Waals surface area contributed by atoms with E-state index in [1.54, 1.807) is 23.9 Å². The number of nitrogens with one attached hydrogen (secondary N) is 1. The van der Waals surface area contributed by atoms with Crippen molar-refractivity contribution in [1.82, 2.24) is 5.32 Å². The second kappa shape index (κ2) is 8.57. The van der Waals surface area contributed by atoms with Crippen LogP contribution in [0.2, 0.25) is 0 Å². The van der Waals surface area contributed by atoms with Crippen molar-refractivity contribution < 1.29 is 18.8 Å². The van der Waals surface area contributed by atoms with Gasteiger partial charge in [0.05, 0.1) is 5.69 Å². The van der Waals surface area contributed by atoms with Gasteiger partial charge in [-0.25, -0.2) is 14.1 Å². The van der Waals surface area contributed by atoms with Gasteiger partial charge in [0.2, 0.25) is 0 Å². The van der Waals surface area contributed by atoms with E-state index in [4.69, 9.17) is 0 Å². The first-order valence-electron chi connectivity index (χ1n) is 9.43. The molecule has 0 spiro atoms. The van der Waals surface area contributed by atoms with Crippen LogP contribution < -0.4 is 10.2 Å². The highest BCUT2D eigenvalue weighted by molar-refractivity contribution is 7.99. The maximum absolute atomic E-state index is 14.1. The summed E-state index contributed by atoms with van der Waals surface area (Å²) in [5.74, 6) is -2.44. The molecule has 3 aromatic carbocycles. The third-order valence-electron chi connectivity index (χ3n) is 4.64. The molecule has 0 bridgehead atoms. The van der Waals surface area contributed by atoms with Crippen LogP contribution in [0.4, 0.5) is 14.9 Å². The van der Waals surface area contributed by atoms with Gasteiger partial charge in [0.15, 0.2) is 0 Å². The van der Waals surface area contributed by atoms with E-state index in [-0.39, 0.29) is 11.3 Å². The number of para-hydroxylation sites is 1. The summed E-state index contributed by atoms with van der Waals surface area (Å²) < 4.78 is 14.1. The molecule has 1 saturated heterocycles. The van der Waals surface area contributed by atoms with Gasteiger partial charge in [-0.15, -0.1) is 0 Å². The van der Waals surface area contributed by atoms with Crippen LogP contribution in [0.15, 0.2) is 88.2 Å². The fourth-order valence-electron chi connectivity index (χ4n) is 3.05. The molecule has 0 aromatic heterocycles. The van der Waals surface area contributed by atoms with Crippen molar-refractivity contribution in [2.24, 2.45) is 0 Å². The van der Waals surface area contributed by atoms with Crippen LogP contribution in [-0.4, -0.2) is 17.8 Å².